The molecule has 7 nitrogen and oxygen atoms in total. The van der Waals surface area contributed by atoms with E-state index in [1.54, 1.807) is 6.92 Å². The fourth-order valence-electron chi connectivity index (χ4n) is 3.61. The number of hydrogen-bond acceptors (Lipinski definition) is 4. The highest BCUT2D eigenvalue weighted by Crippen LogP contribution is 2.23. The molecular formula is C23H24ClF3N4O3. The number of nitrogens with one attached hydrogen (secondary N) is 3. The summed E-state index contributed by atoms with van der Waals surface area (Å²) < 4.78 is 45.6. The lowest BCUT2D eigenvalue weighted by molar-refractivity contribution is 0.0976. The molecular weight excluding hydrogens is 473 g/mol. The van der Waals surface area contributed by atoms with E-state index in [0.717, 1.165) is 43.2 Å². The second-order valence-corrected chi connectivity index (χ2v) is 8.16. The van der Waals surface area contributed by atoms with Gasteiger partial charge in [0.25, 0.3) is 5.91 Å². The highest BCUT2D eigenvalue weighted by Gasteiger charge is 2.24. The monoisotopic (exact) mass is 496 g/mol. The van der Waals surface area contributed by atoms with E-state index in [1.165, 1.54) is 6.07 Å². The Morgan fingerprint density at radius 3 is 2.62 bits per heavy atom. The lowest BCUT2D eigenvalue weighted by Gasteiger charge is -2.28. The number of halogens is 4. The van der Waals surface area contributed by atoms with Crippen LogP contribution in [0.1, 0.15) is 43.0 Å². The normalized spacial score (nSPS) is 18.2. The summed E-state index contributed by atoms with van der Waals surface area (Å²) in [5.74, 6) is -3.63. The van der Waals surface area contributed by atoms with Crippen molar-refractivity contribution in [1.29, 1.82) is 0 Å². The van der Waals surface area contributed by atoms with Gasteiger partial charge in [0.1, 0.15) is 5.82 Å². The second kappa shape index (κ2) is 11.7. The number of ether oxygens (including phenoxy) is 1. The fourth-order valence-corrected chi connectivity index (χ4v) is 3.83. The van der Waals surface area contributed by atoms with Crippen molar-refractivity contribution < 1.29 is 27.5 Å². The van der Waals surface area contributed by atoms with Gasteiger partial charge in [0.15, 0.2) is 11.6 Å². The standard InChI is InChI=1S/C23H24ClF3N4O3/c1-2-34-23(33)30-17-5-3-4-16(12-17)28-22(29-18-10-14(24)9-15(25)11-18)31-21(32)13-6-7-19(26)20(27)8-13/h6-11,16-17H,2-5,12H2,1H3,(H,30,33)(H2,28,29,31,32)/t16-,17+/m1/s1. The number of amides is 2. The van der Waals surface area contributed by atoms with Crippen LogP contribution in [-0.2, 0) is 4.74 Å². The van der Waals surface area contributed by atoms with Crippen LogP contribution in [-0.4, -0.2) is 36.7 Å². The van der Waals surface area contributed by atoms with E-state index >= 15 is 0 Å². The van der Waals surface area contributed by atoms with Crippen LogP contribution in [0, 0.1) is 17.5 Å². The molecule has 1 aliphatic carbocycles. The zero-order valence-corrected chi connectivity index (χ0v) is 19.1. The molecule has 3 N–H and O–H groups in total. The van der Waals surface area contributed by atoms with Crippen molar-refractivity contribution in [2.24, 2.45) is 4.99 Å². The zero-order chi connectivity index (χ0) is 24.7. The molecule has 2 amide bonds. The van der Waals surface area contributed by atoms with E-state index in [4.69, 9.17) is 16.3 Å². The van der Waals surface area contributed by atoms with E-state index in [-0.39, 0.29) is 40.9 Å². The molecule has 0 spiro atoms. The molecule has 11 heteroatoms. The first-order chi connectivity index (χ1) is 16.2. The third-order valence-electron chi connectivity index (χ3n) is 5.09. The Bertz CT molecular complexity index is 1060. The van der Waals surface area contributed by atoms with Gasteiger partial charge in [-0.25, -0.2) is 23.0 Å². The Morgan fingerprint density at radius 1 is 1.12 bits per heavy atom. The number of alkyl carbamates (subject to hydrolysis) is 1. The van der Waals surface area contributed by atoms with Gasteiger partial charge in [0, 0.05) is 22.3 Å². The number of anilines is 1. The molecule has 182 valence electrons. The van der Waals surface area contributed by atoms with Gasteiger partial charge in [-0.3, -0.25) is 10.1 Å². The summed E-state index contributed by atoms with van der Waals surface area (Å²) >= 11 is 5.92. The van der Waals surface area contributed by atoms with Crippen LogP contribution in [0.3, 0.4) is 0 Å². The van der Waals surface area contributed by atoms with Crippen LogP contribution >= 0.6 is 11.6 Å². The maximum Gasteiger partial charge on any atom is 0.407 e. The van der Waals surface area contributed by atoms with Crippen LogP contribution in [0.2, 0.25) is 5.02 Å². The van der Waals surface area contributed by atoms with Crippen LogP contribution in [0.25, 0.3) is 0 Å². The third kappa shape index (κ3) is 7.38. The van der Waals surface area contributed by atoms with Crippen molar-refractivity contribution in [3.05, 3.63) is 64.4 Å². The number of rotatable bonds is 5. The highest BCUT2D eigenvalue weighted by molar-refractivity contribution is 6.31. The number of benzene rings is 2. The lowest BCUT2D eigenvalue weighted by atomic mass is 9.91. The number of guanidine groups is 1. The fraction of sp³-hybridized carbons (Fsp3) is 0.348. The summed E-state index contributed by atoms with van der Waals surface area (Å²) in [7, 11) is 0. The van der Waals surface area contributed by atoms with Crippen molar-refractivity contribution in [2.45, 2.75) is 44.7 Å². The van der Waals surface area contributed by atoms with Crippen LogP contribution in [0.4, 0.5) is 23.7 Å². The van der Waals surface area contributed by atoms with Gasteiger partial charge in [-0.1, -0.05) is 11.6 Å². The Kier molecular flexibility index (Phi) is 8.75. The van der Waals surface area contributed by atoms with Crippen LogP contribution in [0.5, 0.6) is 0 Å². The average Bonchev–Trinajstić information content (AvgIpc) is 2.75. The molecule has 0 heterocycles. The number of carbonyl (C=O) groups is 2. The first kappa shape index (κ1) is 25.4. The number of carbonyl (C=O) groups excluding carboxylic acids is 2. The zero-order valence-electron chi connectivity index (χ0n) is 18.3. The first-order valence-electron chi connectivity index (χ1n) is 10.7. The van der Waals surface area contributed by atoms with Crippen LogP contribution in [0.15, 0.2) is 41.4 Å². The van der Waals surface area contributed by atoms with E-state index < -0.39 is 29.5 Å². The van der Waals surface area contributed by atoms with Gasteiger partial charge in [0.2, 0.25) is 5.96 Å². The van der Waals surface area contributed by atoms with Gasteiger partial charge in [-0.15, -0.1) is 0 Å². The smallest absolute Gasteiger partial charge is 0.407 e. The van der Waals surface area contributed by atoms with Crippen molar-refractivity contribution in [3.63, 3.8) is 0 Å². The SMILES string of the molecule is CCOC(=O)N[C@H]1CCC[C@@H](N=C(NC(=O)c2ccc(F)c(F)c2)Nc2cc(F)cc(Cl)c2)C1. The second-order valence-electron chi connectivity index (χ2n) is 7.73. The molecule has 3 rings (SSSR count). The Labute approximate surface area is 199 Å². The Morgan fingerprint density at radius 2 is 1.91 bits per heavy atom. The summed E-state index contributed by atoms with van der Waals surface area (Å²) in [5.41, 5.74) is 0.0996. The van der Waals surface area contributed by atoms with Crippen LogP contribution < -0.4 is 16.0 Å². The van der Waals surface area contributed by atoms with Gasteiger partial charge >= 0.3 is 6.09 Å². The quantitative estimate of drug-likeness (QED) is 0.401. The third-order valence-corrected chi connectivity index (χ3v) is 5.31. The van der Waals surface area contributed by atoms with E-state index in [1.807, 2.05) is 0 Å². The molecule has 0 saturated heterocycles. The number of hydrogen-bond donors (Lipinski definition) is 3. The van der Waals surface area contributed by atoms with Crippen molar-refractivity contribution in [1.82, 2.24) is 10.6 Å². The largest absolute Gasteiger partial charge is 0.450 e. The molecule has 1 saturated carbocycles. The Hall–Kier alpha value is -3.27. The number of aliphatic imine (C=N–C) groups is 1. The maximum absolute atomic E-state index is 13.8. The van der Waals surface area contributed by atoms with Gasteiger partial charge in [0.05, 0.1) is 12.6 Å². The predicted octanol–water partition coefficient (Wildman–Crippen LogP) is 5.01. The summed E-state index contributed by atoms with van der Waals surface area (Å²) in [6.45, 7) is 1.96. The van der Waals surface area contributed by atoms with E-state index in [9.17, 15) is 22.8 Å². The average molecular weight is 497 g/mol. The molecule has 1 aliphatic rings. The summed E-state index contributed by atoms with van der Waals surface area (Å²) in [6.07, 6.45) is 2.15. The molecule has 2 atom stereocenters. The van der Waals surface area contributed by atoms with Crippen molar-refractivity contribution in [3.8, 4) is 0 Å². The molecule has 0 bridgehead atoms. The lowest BCUT2D eigenvalue weighted by Crippen LogP contribution is -2.41. The van der Waals surface area contributed by atoms with Gasteiger partial charge in [-0.05, 0) is 69.0 Å². The summed E-state index contributed by atoms with van der Waals surface area (Å²) in [4.78, 5) is 29.0. The Balaban J connectivity index is 1.81. The molecule has 34 heavy (non-hydrogen) atoms. The summed E-state index contributed by atoms with van der Waals surface area (Å²) in [6, 6.07) is 5.99. The number of nitrogens with zero attached hydrogens (tertiary/aromatic N) is 1. The molecule has 2 aromatic rings. The van der Waals surface area contributed by atoms with Crippen molar-refractivity contribution in [2.75, 3.05) is 11.9 Å². The predicted molar refractivity (Wildman–Crippen MR) is 122 cm³/mol. The van der Waals surface area contributed by atoms with Gasteiger partial charge < -0.3 is 15.4 Å². The van der Waals surface area contributed by atoms with E-state index in [2.05, 4.69) is 20.9 Å². The molecule has 0 aromatic heterocycles. The maximum atomic E-state index is 13.8. The minimum atomic E-state index is -1.17. The molecule has 0 unspecified atom stereocenters. The van der Waals surface area contributed by atoms with Crippen molar-refractivity contribution >= 4 is 35.2 Å². The van der Waals surface area contributed by atoms with Gasteiger partial charge in [-0.2, -0.15) is 0 Å². The summed E-state index contributed by atoms with van der Waals surface area (Å²) in [5, 5.41) is 8.26. The first-order valence-corrected chi connectivity index (χ1v) is 11.1. The molecule has 0 radical (unpaired) electrons. The minimum Gasteiger partial charge on any atom is -0.450 e. The van der Waals surface area contributed by atoms with E-state index in [0.29, 0.717) is 12.8 Å². The molecule has 2 aromatic carbocycles. The highest BCUT2D eigenvalue weighted by atomic mass is 35.5. The minimum absolute atomic E-state index is 0.0295. The topological polar surface area (TPSA) is 91.8 Å². The molecule has 1 fully saturated rings. The molecule has 0 aliphatic heterocycles.